The van der Waals surface area contributed by atoms with Gasteiger partial charge in [-0.25, -0.2) is 0 Å². The third-order valence-corrected chi connectivity index (χ3v) is 6.89. The number of anilines is 2. The first-order valence-electron chi connectivity index (χ1n) is 12.8. The molecule has 2 aromatic carbocycles. The molecule has 0 radical (unpaired) electrons. The summed E-state index contributed by atoms with van der Waals surface area (Å²) in [5, 5.41) is 10.6. The van der Waals surface area contributed by atoms with Gasteiger partial charge in [-0.05, 0) is 81.3 Å². The molecule has 3 aromatic rings. The molecule has 0 saturated heterocycles. The number of fused-ring (bicyclic) bond motifs is 1. The summed E-state index contributed by atoms with van der Waals surface area (Å²) in [6.07, 6.45) is 5.19. The van der Waals surface area contributed by atoms with Gasteiger partial charge in [-0.2, -0.15) is 0 Å². The van der Waals surface area contributed by atoms with E-state index in [-0.39, 0.29) is 5.91 Å². The summed E-state index contributed by atoms with van der Waals surface area (Å²) >= 11 is 6.71. The van der Waals surface area contributed by atoms with Crippen LogP contribution in [-0.4, -0.2) is 24.0 Å². The van der Waals surface area contributed by atoms with Crippen molar-refractivity contribution >= 4 is 34.6 Å². The number of amides is 1. The van der Waals surface area contributed by atoms with Gasteiger partial charge in [0.2, 0.25) is 0 Å². The fraction of sp³-hybridized carbons (Fsp3) is 0.333. The van der Waals surface area contributed by atoms with E-state index in [1.54, 1.807) is 0 Å². The molecular formula is C30H35ClN4O. The SMILES string of the molecule is C=C(Nc1cc(-c2cc(C(=O)NCC)c(C)cc2Cl)nc2c1CCCC2)c1ccccc1NCCC. The molecule has 188 valence electrons. The Hall–Kier alpha value is -3.31. The number of benzene rings is 2. The second-order valence-electron chi connectivity index (χ2n) is 9.27. The minimum Gasteiger partial charge on any atom is -0.385 e. The molecule has 6 heteroatoms. The fourth-order valence-corrected chi connectivity index (χ4v) is 5.03. The van der Waals surface area contributed by atoms with Crippen LogP contribution in [0.1, 0.15) is 65.9 Å². The normalized spacial score (nSPS) is 12.6. The van der Waals surface area contributed by atoms with Gasteiger partial charge in [-0.15, -0.1) is 0 Å². The summed E-state index contributed by atoms with van der Waals surface area (Å²) in [4.78, 5) is 17.7. The molecule has 0 unspecified atom stereocenters. The van der Waals surface area contributed by atoms with Crippen molar-refractivity contribution in [1.82, 2.24) is 10.3 Å². The summed E-state index contributed by atoms with van der Waals surface area (Å²) in [7, 11) is 0. The smallest absolute Gasteiger partial charge is 0.251 e. The van der Waals surface area contributed by atoms with Gasteiger partial charge < -0.3 is 16.0 Å². The first-order valence-corrected chi connectivity index (χ1v) is 13.2. The van der Waals surface area contributed by atoms with E-state index < -0.39 is 0 Å². The number of nitrogens with zero attached hydrogens (tertiary/aromatic N) is 1. The maximum atomic E-state index is 12.7. The van der Waals surface area contributed by atoms with E-state index in [4.69, 9.17) is 16.6 Å². The van der Waals surface area contributed by atoms with Crippen LogP contribution in [0.3, 0.4) is 0 Å². The van der Waals surface area contributed by atoms with Crippen LogP contribution in [-0.2, 0) is 12.8 Å². The minimum absolute atomic E-state index is 0.103. The average molecular weight is 503 g/mol. The Kier molecular flexibility index (Phi) is 8.32. The maximum absolute atomic E-state index is 12.7. The van der Waals surface area contributed by atoms with Crippen LogP contribution >= 0.6 is 11.6 Å². The molecule has 0 bridgehead atoms. The Morgan fingerprint density at radius 3 is 2.61 bits per heavy atom. The highest BCUT2D eigenvalue weighted by atomic mass is 35.5. The standard InChI is InChI=1S/C30H35ClN4O/c1-5-15-33-26-13-9-7-11-21(26)20(4)34-28-18-29(35-27-14-10-8-12-22(27)28)24-17-23(30(36)32-6-2)19(3)16-25(24)31/h7,9,11,13,16-18,33H,4-6,8,10,12,14-15H2,1-3H3,(H,32,36)(H,34,35). The first kappa shape index (κ1) is 25.8. The molecule has 1 aliphatic rings. The largest absolute Gasteiger partial charge is 0.385 e. The molecule has 1 heterocycles. The lowest BCUT2D eigenvalue weighted by molar-refractivity contribution is 0.0955. The number of aromatic nitrogens is 1. The van der Waals surface area contributed by atoms with E-state index in [9.17, 15) is 4.79 Å². The molecule has 0 saturated carbocycles. The number of carbonyl (C=O) groups excluding carboxylic acids is 1. The monoisotopic (exact) mass is 502 g/mol. The number of carbonyl (C=O) groups is 1. The summed E-state index contributed by atoms with van der Waals surface area (Å²) in [5.74, 6) is -0.103. The van der Waals surface area contributed by atoms with Gasteiger partial charge in [0.15, 0.2) is 0 Å². The summed E-state index contributed by atoms with van der Waals surface area (Å²) in [6.45, 7) is 11.8. The van der Waals surface area contributed by atoms with E-state index in [2.05, 4.69) is 47.7 Å². The van der Waals surface area contributed by atoms with Crippen molar-refractivity contribution in [1.29, 1.82) is 0 Å². The van der Waals surface area contributed by atoms with Crippen LogP contribution in [0.4, 0.5) is 11.4 Å². The Morgan fingerprint density at radius 2 is 1.83 bits per heavy atom. The Labute approximate surface area is 219 Å². The van der Waals surface area contributed by atoms with Crippen LogP contribution in [0.5, 0.6) is 0 Å². The number of rotatable bonds is 9. The lowest BCUT2D eigenvalue weighted by atomic mass is 9.92. The topological polar surface area (TPSA) is 66.0 Å². The van der Waals surface area contributed by atoms with Crippen molar-refractivity contribution < 1.29 is 4.79 Å². The van der Waals surface area contributed by atoms with Crippen molar-refractivity contribution in [3.8, 4) is 11.3 Å². The first-order chi connectivity index (χ1) is 17.4. The molecule has 0 atom stereocenters. The van der Waals surface area contributed by atoms with Crippen molar-refractivity contribution in [2.75, 3.05) is 23.7 Å². The van der Waals surface area contributed by atoms with E-state index in [0.717, 1.165) is 83.8 Å². The molecule has 4 rings (SSSR count). The lowest BCUT2D eigenvalue weighted by Crippen LogP contribution is -2.23. The zero-order valence-corrected chi connectivity index (χ0v) is 22.2. The molecule has 1 aromatic heterocycles. The van der Waals surface area contributed by atoms with E-state index >= 15 is 0 Å². The zero-order chi connectivity index (χ0) is 25.7. The third-order valence-electron chi connectivity index (χ3n) is 6.58. The van der Waals surface area contributed by atoms with Gasteiger partial charge in [0.1, 0.15) is 0 Å². The van der Waals surface area contributed by atoms with Crippen molar-refractivity contribution in [3.05, 3.63) is 82.0 Å². The van der Waals surface area contributed by atoms with Crippen LogP contribution in [0.2, 0.25) is 5.02 Å². The molecule has 1 amide bonds. The second-order valence-corrected chi connectivity index (χ2v) is 9.68. The highest BCUT2D eigenvalue weighted by molar-refractivity contribution is 6.33. The second kappa shape index (κ2) is 11.6. The molecule has 1 aliphatic carbocycles. The van der Waals surface area contributed by atoms with Crippen molar-refractivity contribution in [2.24, 2.45) is 0 Å². The highest BCUT2D eigenvalue weighted by Gasteiger charge is 2.21. The Morgan fingerprint density at radius 1 is 1.06 bits per heavy atom. The Balaban J connectivity index is 1.76. The molecule has 5 nitrogen and oxygen atoms in total. The summed E-state index contributed by atoms with van der Waals surface area (Å²) < 4.78 is 0. The third kappa shape index (κ3) is 5.57. The number of para-hydroxylation sites is 1. The lowest BCUT2D eigenvalue weighted by Gasteiger charge is -2.23. The van der Waals surface area contributed by atoms with Crippen LogP contribution in [0.15, 0.2) is 49.0 Å². The van der Waals surface area contributed by atoms with Crippen molar-refractivity contribution in [3.63, 3.8) is 0 Å². The molecule has 36 heavy (non-hydrogen) atoms. The van der Waals surface area contributed by atoms with E-state index in [0.29, 0.717) is 17.1 Å². The maximum Gasteiger partial charge on any atom is 0.251 e. The van der Waals surface area contributed by atoms with Gasteiger partial charge in [0.05, 0.1) is 10.7 Å². The van der Waals surface area contributed by atoms with E-state index in [1.807, 2.05) is 38.1 Å². The van der Waals surface area contributed by atoms with Gasteiger partial charge in [0.25, 0.3) is 5.91 Å². The average Bonchev–Trinajstić information content (AvgIpc) is 2.87. The van der Waals surface area contributed by atoms with Gasteiger partial charge in [-0.1, -0.05) is 43.3 Å². The number of nitrogens with one attached hydrogen (secondary N) is 3. The molecule has 0 aliphatic heterocycles. The number of hydrogen-bond donors (Lipinski definition) is 3. The van der Waals surface area contributed by atoms with Crippen LogP contribution in [0, 0.1) is 6.92 Å². The van der Waals surface area contributed by atoms with E-state index in [1.165, 1.54) is 5.56 Å². The highest BCUT2D eigenvalue weighted by Crippen LogP contribution is 2.37. The van der Waals surface area contributed by atoms with Crippen LogP contribution < -0.4 is 16.0 Å². The van der Waals surface area contributed by atoms with Gasteiger partial charge in [0, 0.05) is 52.5 Å². The predicted molar refractivity (Wildman–Crippen MR) is 152 cm³/mol. The number of pyridine rings is 1. The number of halogens is 1. The molecule has 0 fully saturated rings. The fourth-order valence-electron chi connectivity index (χ4n) is 4.71. The quantitative estimate of drug-likeness (QED) is 0.288. The Bertz CT molecular complexity index is 1280. The summed E-state index contributed by atoms with van der Waals surface area (Å²) in [6, 6.07) is 14.0. The molecule has 3 N–H and O–H groups in total. The predicted octanol–water partition coefficient (Wildman–Crippen LogP) is 7.24. The van der Waals surface area contributed by atoms with Gasteiger partial charge in [-0.3, -0.25) is 9.78 Å². The minimum atomic E-state index is -0.103. The van der Waals surface area contributed by atoms with Crippen LogP contribution in [0.25, 0.3) is 17.0 Å². The molecular weight excluding hydrogens is 468 g/mol. The van der Waals surface area contributed by atoms with Gasteiger partial charge >= 0.3 is 0 Å². The van der Waals surface area contributed by atoms with Crippen molar-refractivity contribution in [2.45, 2.75) is 52.9 Å². The number of aryl methyl sites for hydroxylation is 2. The molecule has 0 spiro atoms. The summed E-state index contributed by atoms with van der Waals surface area (Å²) in [5.41, 5.74) is 9.24. The number of hydrogen-bond acceptors (Lipinski definition) is 4. The zero-order valence-electron chi connectivity index (χ0n) is 21.4.